The largest absolute Gasteiger partial charge is 0.412 e. The van der Waals surface area contributed by atoms with E-state index in [1.807, 2.05) is 0 Å². The summed E-state index contributed by atoms with van der Waals surface area (Å²) in [5, 5.41) is 0. The normalized spacial score (nSPS) is 0. The molecule has 0 aliphatic carbocycles. The number of hydrogen-bond acceptors (Lipinski definition) is 0. The molecule has 0 bridgehead atoms. The van der Waals surface area contributed by atoms with Crippen molar-refractivity contribution in [1.82, 2.24) is 0 Å². The van der Waals surface area contributed by atoms with Crippen molar-refractivity contribution in [2.75, 3.05) is 0 Å². The number of hydrogen-bond donors (Lipinski definition) is 0. The molecule has 4 heteroatoms. The molecule has 0 atom stereocenters. The van der Waals surface area contributed by atoms with Crippen molar-refractivity contribution in [3.63, 3.8) is 0 Å². The molecule has 0 fully saturated rings. The minimum atomic E-state index is 0. The molecule has 0 aromatic carbocycles. The van der Waals surface area contributed by atoms with Gasteiger partial charge in [-0.3, -0.25) is 0 Å². The molecule has 0 aliphatic heterocycles. The molecule has 0 unspecified atom stereocenters. The predicted octanol–water partition coefficient (Wildman–Crippen LogP) is -2.41. The van der Waals surface area contributed by atoms with Crippen LogP contribution >= 0.6 is 0 Å². The van der Waals surface area contributed by atoms with E-state index < -0.39 is 0 Å². The molecular weight excluding hydrogens is 110 g/mol. The van der Waals surface area contributed by atoms with Crippen LogP contribution in [0.2, 0.25) is 0 Å². The predicted molar refractivity (Wildman–Crippen MR) is 18.7 cm³/mol. The molecule has 18 valence electrons. The second kappa shape index (κ2) is 16.4. The van der Waals surface area contributed by atoms with Crippen molar-refractivity contribution < 1.29 is 11.0 Å². The minimum absolute atomic E-state index is 0. The maximum Gasteiger partial charge on any atom is 0 e. The second-order valence-corrected chi connectivity index (χ2v) is 0. The quantitative estimate of drug-likeness (QED) is 0.315. The van der Waals surface area contributed by atoms with Gasteiger partial charge in [-0.2, -0.15) is 0 Å². The average Bonchev–Trinajstić information content (AvgIpc) is 0. The van der Waals surface area contributed by atoms with E-state index in [4.69, 9.17) is 0 Å². The van der Waals surface area contributed by atoms with Crippen LogP contribution in [0.25, 0.3) is 0 Å². The Hall–Kier alpha value is 3.19. The summed E-state index contributed by atoms with van der Waals surface area (Å²) in [4.78, 5) is 0. The fraction of sp³-hybridized carbons (Fsp3) is 0. The summed E-state index contributed by atoms with van der Waals surface area (Å²) in [6.45, 7) is 0. The third-order valence-corrected chi connectivity index (χ3v) is 0. The van der Waals surface area contributed by atoms with E-state index in [0.29, 0.717) is 0 Å². The van der Waals surface area contributed by atoms with Crippen LogP contribution in [0.4, 0.5) is 0 Å². The van der Waals surface area contributed by atoms with Crippen LogP contribution in [0.15, 0.2) is 0 Å². The van der Waals surface area contributed by atoms with Crippen molar-refractivity contribution in [2.45, 2.75) is 0 Å². The molecule has 0 aromatic rings. The summed E-state index contributed by atoms with van der Waals surface area (Å²) in [6, 6.07) is 0. The Morgan fingerprint density at radius 1 is 0.500 bits per heavy atom. The number of rotatable bonds is 0. The van der Waals surface area contributed by atoms with E-state index in [1.165, 1.54) is 0 Å². The van der Waals surface area contributed by atoms with Crippen LogP contribution in [-0.2, 0) is 0 Å². The molecule has 0 heterocycles. The molecule has 0 saturated carbocycles. The van der Waals surface area contributed by atoms with Gasteiger partial charge in [0.1, 0.15) is 0 Å². The molecule has 2 radical (unpaired) electrons. The first-order chi connectivity index (χ1) is 0. The van der Waals surface area contributed by atoms with Crippen molar-refractivity contribution in [1.29, 1.82) is 0 Å². The SMILES string of the molecule is O.O.[K].[K]. The Labute approximate surface area is 110 Å². The van der Waals surface area contributed by atoms with Gasteiger partial charge in [0.2, 0.25) is 0 Å². The first kappa shape index (κ1) is 27.1. The summed E-state index contributed by atoms with van der Waals surface area (Å²) in [6.07, 6.45) is 0. The zero-order valence-electron chi connectivity index (χ0n) is 3.00. The smallest absolute Gasteiger partial charge is 0 e. The summed E-state index contributed by atoms with van der Waals surface area (Å²) < 4.78 is 0. The van der Waals surface area contributed by atoms with Gasteiger partial charge in [-0.1, -0.05) is 0 Å². The van der Waals surface area contributed by atoms with E-state index >= 15 is 0 Å². The Bertz CT molecular complexity index is 4.00. The fourth-order valence-electron chi connectivity index (χ4n) is 0. The molecule has 4 N–H and O–H groups in total. The van der Waals surface area contributed by atoms with Crippen LogP contribution in [0, 0.1) is 0 Å². The van der Waals surface area contributed by atoms with E-state index in [2.05, 4.69) is 0 Å². The van der Waals surface area contributed by atoms with Crippen molar-refractivity contribution in [3.05, 3.63) is 0 Å². The van der Waals surface area contributed by atoms with E-state index in [-0.39, 0.29) is 114 Å². The van der Waals surface area contributed by atoms with Gasteiger partial charge in [-0.05, 0) is 0 Å². The molecule has 2 nitrogen and oxygen atoms in total. The van der Waals surface area contributed by atoms with Gasteiger partial charge < -0.3 is 11.0 Å². The molecule has 0 amide bonds. The Morgan fingerprint density at radius 3 is 0.500 bits per heavy atom. The second-order valence-electron chi connectivity index (χ2n) is 0. The van der Waals surface area contributed by atoms with Gasteiger partial charge in [0.05, 0.1) is 0 Å². The summed E-state index contributed by atoms with van der Waals surface area (Å²) in [5.41, 5.74) is 0. The monoisotopic (exact) mass is 114 g/mol. The third kappa shape index (κ3) is 8.95. The van der Waals surface area contributed by atoms with E-state index in [0.717, 1.165) is 0 Å². The average molecular weight is 114 g/mol. The summed E-state index contributed by atoms with van der Waals surface area (Å²) in [5.74, 6) is 0. The summed E-state index contributed by atoms with van der Waals surface area (Å²) >= 11 is 0. The van der Waals surface area contributed by atoms with Gasteiger partial charge in [-0.15, -0.1) is 0 Å². The van der Waals surface area contributed by atoms with Crippen LogP contribution in [0.5, 0.6) is 0 Å². The van der Waals surface area contributed by atoms with Gasteiger partial charge >= 0.3 is 0 Å². The molecule has 0 saturated heterocycles. The molecule has 4 heavy (non-hydrogen) atoms. The standard InChI is InChI=1S/2K.2H2O/h;;2*1H2. The Morgan fingerprint density at radius 2 is 0.500 bits per heavy atom. The maximum atomic E-state index is 0. The first-order valence-electron chi connectivity index (χ1n) is 0. The topological polar surface area (TPSA) is 63.0 Å². The zero-order valence-corrected chi connectivity index (χ0v) is 9.25. The van der Waals surface area contributed by atoms with Gasteiger partial charge in [0.15, 0.2) is 0 Å². The van der Waals surface area contributed by atoms with Crippen LogP contribution < -0.4 is 0 Å². The van der Waals surface area contributed by atoms with Crippen molar-refractivity contribution in [2.24, 2.45) is 0 Å². The van der Waals surface area contributed by atoms with Crippen LogP contribution in [-0.4, -0.2) is 114 Å². The maximum absolute atomic E-state index is 0. The fourth-order valence-corrected chi connectivity index (χ4v) is 0. The Balaban J connectivity index is 0. The van der Waals surface area contributed by atoms with Gasteiger partial charge in [0, 0.05) is 103 Å². The molecular formula is H4K2O2. The third-order valence-electron chi connectivity index (χ3n) is 0. The molecule has 0 rings (SSSR count). The van der Waals surface area contributed by atoms with Crippen molar-refractivity contribution >= 4 is 103 Å². The van der Waals surface area contributed by atoms with Crippen molar-refractivity contribution in [3.8, 4) is 0 Å². The van der Waals surface area contributed by atoms with Crippen LogP contribution in [0.1, 0.15) is 0 Å². The van der Waals surface area contributed by atoms with Gasteiger partial charge in [-0.25, -0.2) is 0 Å². The first-order valence-corrected chi connectivity index (χ1v) is 0. The molecule has 0 aliphatic rings. The Kier molecular flexibility index (Phi) is 111. The van der Waals surface area contributed by atoms with Gasteiger partial charge in [0.25, 0.3) is 0 Å². The molecule has 0 spiro atoms. The van der Waals surface area contributed by atoms with E-state index in [9.17, 15) is 0 Å². The zero-order chi connectivity index (χ0) is 0. The minimum Gasteiger partial charge on any atom is -0.412 e. The molecule has 0 aromatic heterocycles. The van der Waals surface area contributed by atoms with E-state index in [1.54, 1.807) is 0 Å². The summed E-state index contributed by atoms with van der Waals surface area (Å²) in [7, 11) is 0. The van der Waals surface area contributed by atoms with Crippen LogP contribution in [0.3, 0.4) is 0 Å².